The van der Waals surface area contributed by atoms with Gasteiger partial charge in [-0.05, 0) is 50.6 Å². The summed E-state index contributed by atoms with van der Waals surface area (Å²) in [5.41, 5.74) is 5.07. The maximum atomic E-state index is 12.0. The minimum absolute atomic E-state index is 0.0316. The van der Waals surface area contributed by atoms with E-state index in [1.165, 1.54) is 12.8 Å². The van der Waals surface area contributed by atoms with Crippen LogP contribution in [0.1, 0.15) is 28.8 Å². The van der Waals surface area contributed by atoms with E-state index in [9.17, 15) is 4.79 Å². The number of nitrogens with one attached hydrogen (secondary N) is 2. The number of hydrogen-bond donors (Lipinski definition) is 3. The second-order valence-electron chi connectivity index (χ2n) is 5.14. The van der Waals surface area contributed by atoms with Crippen LogP contribution in [-0.4, -0.2) is 37.0 Å². The molecule has 1 fully saturated rings. The van der Waals surface area contributed by atoms with Crippen LogP contribution in [-0.2, 0) is 0 Å². The van der Waals surface area contributed by atoms with Crippen LogP contribution in [0.2, 0.25) is 0 Å². The minimum atomic E-state index is -0.0316. The number of benzene rings is 1. The fourth-order valence-electron chi connectivity index (χ4n) is 2.11. The molecule has 0 atom stereocenters. The third kappa shape index (κ3) is 3.68. The Morgan fingerprint density at radius 2 is 2.21 bits per heavy atom. The highest BCUT2D eigenvalue weighted by Gasteiger charge is 2.25. The Balaban J connectivity index is 1.83. The van der Waals surface area contributed by atoms with Crippen molar-refractivity contribution < 1.29 is 4.79 Å². The zero-order valence-electron chi connectivity index (χ0n) is 11.6. The summed E-state index contributed by atoms with van der Waals surface area (Å²) in [6, 6.07) is 6.17. The first kappa shape index (κ1) is 13.8. The molecule has 1 aromatic carbocycles. The lowest BCUT2D eigenvalue weighted by Gasteiger charge is -2.16. The Morgan fingerprint density at radius 1 is 1.47 bits per heavy atom. The maximum absolute atomic E-state index is 12.0. The van der Waals surface area contributed by atoms with Crippen LogP contribution in [0.15, 0.2) is 18.2 Å². The second kappa shape index (κ2) is 6.04. The minimum Gasteiger partial charge on any atom is -0.351 e. The van der Waals surface area contributed by atoms with E-state index in [0.717, 1.165) is 23.8 Å². The molecule has 0 spiro atoms. The van der Waals surface area contributed by atoms with E-state index < -0.39 is 0 Å². The van der Waals surface area contributed by atoms with Gasteiger partial charge in [-0.1, -0.05) is 0 Å². The molecule has 5 nitrogen and oxygen atoms in total. The molecule has 0 unspecified atom stereocenters. The number of likely N-dealkylation sites (N-methyl/N-ethyl adjacent to an activating group) is 1. The normalized spacial score (nSPS) is 14.5. The molecular weight excluding hydrogens is 240 g/mol. The number of nitrogens with two attached hydrogens (primary N) is 1. The number of carbonyl (C=O) groups excluding carboxylic acids is 1. The molecule has 0 heterocycles. The van der Waals surface area contributed by atoms with Crippen molar-refractivity contribution in [2.24, 2.45) is 5.84 Å². The maximum Gasteiger partial charge on any atom is 0.251 e. The van der Waals surface area contributed by atoms with E-state index >= 15 is 0 Å². The average molecular weight is 262 g/mol. The van der Waals surface area contributed by atoms with Crippen molar-refractivity contribution in [3.63, 3.8) is 0 Å². The summed E-state index contributed by atoms with van der Waals surface area (Å²) in [7, 11) is 2.11. The fraction of sp³-hybridized carbons (Fsp3) is 0.500. The number of hydrogen-bond acceptors (Lipinski definition) is 4. The van der Waals surface area contributed by atoms with E-state index in [2.05, 4.69) is 22.7 Å². The smallest absolute Gasteiger partial charge is 0.251 e. The van der Waals surface area contributed by atoms with Gasteiger partial charge in [0.2, 0.25) is 0 Å². The highest BCUT2D eigenvalue weighted by atomic mass is 16.1. The molecule has 2 rings (SSSR count). The van der Waals surface area contributed by atoms with E-state index in [1.807, 2.05) is 19.1 Å². The SMILES string of the molecule is Cc1cc(C(=O)NCCN(C)C2CC2)ccc1NN. The molecule has 1 saturated carbocycles. The highest BCUT2D eigenvalue weighted by Crippen LogP contribution is 2.24. The number of nitrogens with zero attached hydrogens (tertiary/aromatic N) is 1. The Morgan fingerprint density at radius 3 is 2.79 bits per heavy atom. The summed E-state index contributed by atoms with van der Waals surface area (Å²) >= 11 is 0. The molecule has 4 N–H and O–H groups in total. The van der Waals surface area contributed by atoms with Gasteiger partial charge in [0, 0.05) is 24.7 Å². The Labute approximate surface area is 114 Å². The van der Waals surface area contributed by atoms with E-state index in [0.29, 0.717) is 12.1 Å². The van der Waals surface area contributed by atoms with Crippen LogP contribution in [0.5, 0.6) is 0 Å². The van der Waals surface area contributed by atoms with Gasteiger partial charge in [0.15, 0.2) is 0 Å². The van der Waals surface area contributed by atoms with Gasteiger partial charge in [-0.25, -0.2) is 0 Å². The number of rotatable bonds is 6. The van der Waals surface area contributed by atoms with Crippen molar-refractivity contribution in [1.82, 2.24) is 10.2 Å². The predicted octanol–water partition coefficient (Wildman–Crippen LogP) is 1.10. The predicted molar refractivity (Wildman–Crippen MR) is 77.0 cm³/mol. The quantitative estimate of drug-likeness (QED) is 0.530. The van der Waals surface area contributed by atoms with Gasteiger partial charge >= 0.3 is 0 Å². The largest absolute Gasteiger partial charge is 0.351 e. The molecule has 5 heteroatoms. The summed E-state index contributed by atoms with van der Waals surface area (Å²) < 4.78 is 0. The molecule has 0 aliphatic heterocycles. The summed E-state index contributed by atoms with van der Waals surface area (Å²) in [5, 5.41) is 2.94. The fourth-order valence-corrected chi connectivity index (χ4v) is 2.11. The summed E-state index contributed by atoms with van der Waals surface area (Å²) in [6.45, 7) is 3.51. The lowest BCUT2D eigenvalue weighted by Crippen LogP contribution is -2.34. The third-order valence-corrected chi connectivity index (χ3v) is 3.56. The molecule has 1 amide bonds. The first-order valence-electron chi connectivity index (χ1n) is 6.67. The Bertz CT molecular complexity index is 457. The van der Waals surface area contributed by atoms with Crippen molar-refractivity contribution in [3.05, 3.63) is 29.3 Å². The van der Waals surface area contributed by atoms with E-state index in [-0.39, 0.29) is 5.91 Å². The zero-order chi connectivity index (χ0) is 13.8. The number of nitrogen functional groups attached to an aromatic ring is 1. The first-order chi connectivity index (χ1) is 9.11. The molecule has 0 radical (unpaired) electrons. The molecule has 1 aromatic rings. The molecular formula is C14H22N4O. The molecule has 0 aromatic heterocycles. The third-order valence-electron chi connectivity index (χ3n) is 3.56. The van der Waals surface area contributed by atoms with Gasteiger partial charge in [0.05, 0.1) is 5.69 Å². The number of anilines is 1. The lowest BCUT2D eigenvalue weighted by molar-refractivity contribution is 0.0949. The topological polar surface area (TPSA) is 70.4 Å². The number of carbonyl (C=O) groups is 1. The average Bonchev–Trinajstić information content (AvgIpc) is 3.22. The van der Waals surface area contributed by atoms with Crippen LogP contribution >= 0.6 is 0 Å². The van der Waals surface area contributed by atoms with Crippen molar-refractivity contribution >= 4 is 11.6 Å². The second-order valence-corrected chi connectivity index (χ2v) is 5.14. The summed E-state index contributed by atoms with van der Waals surface area (Å²) in [4.78, 5) is 14.3. The van der Waals surface area contributed by atoms with Gasteiger partial charge in [0.1, 0.15) is 0 Å². The van der Waals surface area contributed by atoms with Crippen molar-refractivity contribution in [2.75, 3.05) is 25.6 Å². The highest BCUT2D eigenvalue weighted by molar-refractivity contribution is 5.94. The molecule has 1 aliphatic rings. The van der Waals surface area contributed by atoms with Crippen LogP contribution < -0.4 is 16.6 Å². The molecule has 1 aliphatic carbocycles. The summed E-state index contributed by atoms with van der Waals surface area (Å²) in [6.07, 6.45) is 2.58. The monoisotopic (exact) mass is 262 g/mol. The number of aryl methyl sites for hydroxylation is 1. The van der Waals surface area contributed by atoms with Crippen LogP contribution in [0.25, 0.3) is 0 Å². The van der Waals surface area contributed by atoms with E-state index in [1.54, 1.807) is 6.07 Å². The van der Waals surface area contributed by atoms with Crippen molar-refractivity contribution in [3.8, 4) is 0 Å². The van der Waals surface area contributed by atoms with Gasteiger partial charge in [-0.2, -0.15) is 0 Å². The lowest BCUT2D eigenvalue weighted by atomic mass is 10.1. The van der Waals surface area contributed by atoms with Gasteiger partial charge < -0.3 is 15.6 Å². The first-order valence-corrected chi connectivity index (χ1v) is 6.67. The molecule has 0 saturated heterocycles. The summed E-state index contributed by atoms with van der Waals surface area (Å²) in [5.74, 6) is 5.34. The van der Waals surface area contributed by atoms with Gasteiger partial charge in [-0.15, -0.1) is 0 Å². The van der Waals surface area contributed by atoms with Crippen LogP contribution in [0.3, 0.4) is 0 Å². The Kier molecular flexibility index (Phi) is 4.39. The zero-order valence-corrected chi connectivity index (χ0v) is 11.6. The standard InChI is InChI=1S/C14H22N4O/c1-10-9-11(3-6-13(10)17-15)14(19)16-7-8-18(2)12-4-5-12/h3,6,9,12,17H,4-5,7-8,15H2,1-2H3,(H,16,19). The van der Waals surface area contributed by atoms with Crippen LogP contribution in [0, 0.1) is 6.92 Å². The van der Waals surface area contributed by atoms with E-state index in [4.69, 9.17) is 5.84 Å². The number of hydrazine groups is 1. The van der Waals surface area contributed by atoms with Gasteiger partial charge in [0.25, 0.3) is 5.91 Å². The molecule has 0 bridgehead atoms. The van der Waals surface area contributed by atoms with Crippen LogP contribution in [0.4, 0.5) is 5.69 Å². The van der Waals surface area contributed by atoms with Crippen molar-refractivity contribution in [1.29, 1.82) is 0 Å². The molecule has 19 heavy (non-hydrogen) atoms. The van der Waals surface area contributed by atoms with Gasteiger partial charge in [-0.3, -0.25) is 10.6 Å². The number of amides is 1. The molecule has 104 valence electrons. The Hall–Kier alpha value is -1.59. The van der Waals surface area contributed by atoms with Crippen molar-refractivity contribution in [2.45, 2.75) is 25.8 Å².